The summed E-state index contributed by atoms with van der Waals surface area (Å²) >= 11 is 0. The molecule has 5 rings (SSSR count). The summed E-state index contributed by atoms with van der Waals surface area (Å²) in [5, 5.41) is 0. The number of fused-ring (bicyclic) bond motifs is 1. The number of benzene rings is 1. The Hall–Kier alpha value is -2.56. The molecule has 158 valence electrons. The van der Waals surface area contributed by atoms with Crippen molar-refractivity contribution in [2.45, 2.75) is 82.8 Å². The Kier molecular flexibility index (Phi) is 5.60. The first-order valence-electron chi connectivity index (χ1n) is 11.6. The number of amides is 1. The maximum atomic E-state index is 13.8. The summed E-state index contributed by atoms with van der Waals surface area (Å²) in [7, 11) is 0. The fourth-order valence-corrected chi connectivity index (χ4v) is 5.49. The van der Waals surface area contributed by atoms with Crippen LogP contribution in [0.25, 0.3) is 22.4 Å². The van der Waals surface area contributed by atoms with Gasteiger partial charge in [-0.1, -0.05) is 50.7 Å². The van der Waals surface area contributed by atoms with Gasteiger partial charge in [-0.15, -0.1) is 0 Å². The van der Waals surface area contributed by atoms with Crippen LogP contribution in [0.4, 0.5) is 0 Å². The third kappa shape index (κ3) is 3.78. The Bertz CT molecular complexity index is 961. The fraction of sp³-hybridized carbons (Fsp3) is 0.520. The van der Waals surface area contributed by atoms with E-state index in [0.29, 0.717) is 18.6 Å². The molecule has 2 fully saturated rings. The summed E-state index contributed by atoms with van der Waals surface area (Å²) in [6.45, 7) is 0.341. The van der Waals surface area contributed by atoms with E-state index in [1.165, 1.54) is 38.5 Å². The lowest BCUT2D eigenvalue weighted by molar-refractivity contribution is -0.138. The van der Waals surface area contributed by atoms with Crippen LogP contribution >= 0.6 is 0 Å². The lowest BCUT2D eigenvalue weighted by Crippen LogP contribution is -2.50. The number of carbonyl (C=O) groups is 1. The van der Waals surface area contributed by atoms with Crippen molar-refractivity contribution < 1.29 is 9.21 Å². The van der Waals surface area contributed by atoms with Crippen LogP contribution in [0.5, 0.6) is 0 Å². The zero-order valence-electron chi connectivity index (χ0n) is 17.6. The first kappa shape index (κ1) is 19.4. The van der Waals surface area contributed by atoms with E-state index in [0.717, 1.165) is 48.1 Å². The molecule has 30 heavy (non-hydrogen) atoms. The third-order valence-corrected chi connectivity index (χ3v) is 6.95. The molecule has 0 N–H and O–H groups in total. The second-order valence-electron chi connectivity index (χ2n) is 8.91. The van der Waals surface area contributed by atoms with E-state index in [1.807, 2.05) is 24.3 Å². The van der Waals surface area contributed by atoms with E-state index < -0.39 is 0 Å². The van der Waals surface area contributed by atoms with Gasteiger partial charge in [0, 0.05) is 12.1 Å². The molecule has 3 aromatic rings. The van der Waals surface area contributed by atoms with Crippen LogP contribution in [0.1, 0.15) is 64.2 Å². The molecule has 2 heterocycles. The monoisotopic (exact) mass is 405 g/mol. The van der Waals surface area contributed by atoms with Gasteiger partial charge < -0.3 is 13.9 Å². The molecule has 0 atom stereocenters. The van der Waals surface area contributed by atoms with E-state index >= 15 is 0 Å². The van der Waals surface area contributed by atoms with E-state index in [4.69, 9.17) is 9.40 Å². The highest BCUT2D eigenvalue weighted by molar-refractivity contribution is 5.84. The largest absolute Gasteiger partial charge is 0.472 e. The van der Waals surface area contributed by atoms with Crippen molar-refractivity contribution in [1.29, 1.82) is 0 Å². The molecule has 1 aromatic carbocycles. The average Bonchev–Trinajstić information content (AvgIpc) is 3.44. The van der Waals surface area contributed by atoms with Crippen molar-refractivity contribution in [3.05, 3.63) is 42.9 Å². The lowest BCUT2D eigenvalue weighted by Gasteiger charge is -2.42. The molecule has 1 amide bonds. The first-order valence-corrected chi connectivity index (χ1v) is 11.6. The Morgan fingerprint density at radius 2 is 1.63 bits per heavy atom. The fourth-order valence-electron chi connectivity index (χ4n) is 5.49. The Morgan fingerprint density at radius 1 is 0.967 bits per heavy atom. The minimum Gasteiger partial charge on any atom is -0.472 e. The van der Waals surface area contributed by atoms with Crippen LogP contribution in [0, 0.1) is 0 Å². The lowest BCUT2D eigenvalue weighted by atomic mass is 9.88. The van der Waals surface area contributed by atoms with Gasteiger partial charge in [0.15, 0.2) is 0 Å². The zero-order chi connectivity index (χ0) is 20.3. The molecule has 0 unspecified atom stereocenters. The molecule has 2 aliphatic rings. The number of imidazole rings is 1. The Morgan fingerprint density at radius 3 is 2.27 bits per heavy atom. The number of hydrogen-bond donors (Lipinski definition) is 0. The SMILES string of the molecule is O=C(Cn1c(-c2ccoc2)nc2ccccc21)N(C1CCCCC1)C1CCCCC1. The smallest absolute Gasteiger partial charge is 0.243 e. The molecule has 0 spiro atoms. The molecule has 0 radical (unpaired) electrons. The molecule has 2 aromatic heterocycles. The van der Waals surface area contributed by atoms with E-state index in [1.54, 1.807) is 12.5 Å². The average molecular weight is 406 g/mol. The summed E-state index contributed by atoms with van der Waals surface area (Å²) in [5.74, 6) is 1.06. The number of aromatic nitrogens is 2. The highest BCUT2D eigenvalue weighted by Crippen LogP contribution is 2.32. The second-order valence-corrected chi connectivity index (χ2v) is 8.91. The molecule has 0 aliphatic heterocycles. The third-order valence-electron chi connectivity index (χ3n) is 6.95. The van der Waals surface area contributed by atoms with Gasteiger partial charge in [-0.2, -0.15) is 0 Å². The van der Waals surface area contributed by atoms with Gasteiger partial charge in [-0.05, 0) is 43.9 Å². The Labute approximate surface area is 178 Å². The zero-order valence-corrected chi connectivity index (χ0v) is 17.6. The molecular weight excluding hydrogens is 374 g/mol. The normalized spacial score (nSPS) is 18.7. The summed E-state index contributed by atoms with van der Waals surface area (Å²) in [6.07, 6.45) is 15.6. The predicted octanol–water partition coefficient (Wildman–Crippen LogP) is 5.79. The minimum atomic E-state index is 0.252. The summed E-state index contributed by atoms with van der Waals surface area (Å²) < 4.78 is 7.40. The molecule has 5 heteroatoms. The van der Waals surface area contributed by atoms with Crippen molar-refractivity contribution in [1.82, 2.24) is 14.5 Å². The standard InChI is InChI=1S/C25H31N3O2/c29-24(28(20-9-3-1-4-10-20)21-11-5-2-6-12-21)17-27-23-14-8-7-13-22(23)26-25(27)19-15-16-30-18-19/h7-8,13-16,18,20-21H,1-6,9-12,17H2. The van der Waals surface area contributed by atoms with Crippen LogP contribution < -0.4 is 0 Å². The van der Waals surface area contributed by atoms with Gasteiger partial charge in [-0.3, -0.25) is 4.79 Å². The van der Waals surface area contributed by atoms with Gasteiger partial charge in [-0.25, -0.2) is 4.98 Å². The van der Waals surface area contributed by atoms with Crippen molar-refractivity contribution in [2.75, 3.05) is 0 Å². The number of furan rings is 1. The quantitative estimate of drug-likeness (QED) is 0.540. The maximum absolute atomic E-state index is 13.8. The molecule has 2 aliphatic carbocycles. The number of para-hydroxylation sites is 2. The van der Waals surface area contributed by atoms with E-state index in [2.05, 4.69) is 15.5 Å². The van der Waals surface area contributed by atoms with Gasteiger partial charge in [0.2, 0.25) is 5.91 Å². The number of nitrogens with zero attached hydrogens (tertiary/aromatic N) is 3. The van der Waals surface area contributed by atoms with Gasteiger partial charge in [0.05, 0.1) is 22.9 Å². The number of carbonyl (C=O) groups excluding carboxylic acids is 1. The van der Waals surface area contributed by atoms with Crippen molar-refractivity contribution >= 4 is 16.9 Å². The predicted molar refractivity (Wildman–Crippen MR) is 118 cm³/mol. The van der Waals surface area contributed by atoms with Crippen molar-refractivity contribution in [3.8, 4) is 11.4 Å². The van der Waals surface area contributed by atoms with Crippen LogP contribution in [-0.4, -0.2) is 32.4 Å². The number of hydrogen-bond acceptors (Lipinski definition) is 3. The van der Waals surface area contributed by atoms with Gasteiger partial charge in [0.25, 0.3) is 0 Å². The van der Waals surface area contributed by atoms with Gasteiger partial charge >= 0.3 is 0 Å². The van der Waals surface area contributed by atoms with Crippen LogP contribution in [0.2, 0.25) is 0 Å². The van der Waals surface area contributed by atoms with Crippen LogP contribution in [0.15, 0.2) is 47.3 Å². The molecule has 0 saturated heterocycles. The Balaban J connectivity index is 1.49. The maximum Gasteiger partial charge on any atom is 0.243 e. The number of rotatable bonds is 5. The topological polar surface area (TPSA) is 51.3 Å². The second kappa shape index (κ2) is 8.66. The highest BCUT2D eigenvalue weighted by atomic mass is 16.3. The van der Waals surface area contributed by atoms with Gasteiger partial charge in [0.1, 0.15) is 18.6 Å². The van der Waals surface area contributed by atoms with Crippen molar-refractivity contribution in [2.24, 2.45) is 0 Å². The van der Waals surface area contributed by atoms with Crippen LogP contribution in [0.3, 0.4) is 0 Å². The molecule has 5 nitrogen and oxygen atoms in total. The minimum absolute atomic E-state index is 0.252. The van der Waals surface area contributed by atoms with Crippen molar-refractivity contribution in [3.63, 3.8) is 0 Å². The summed E-state index contributed by atoms with van der Waals surface area (Å²) in [4.78, 5) is 21.0. The van der Waals surface area contributed by atoms with E-state index in [-0.39, 0.29) is 5.91 Å². The molecule has 2 saturated carbocycles. The van der Waals surface area contributed by atoms with Crippen LogP contribution in [-0.2, 0) is 11.3 Å². The molecule has 0 bridgehead atoms. The molecular formula is C25H31N3O2. The summed E-state index contributed by atoms with van der Waals surface area (Å²) in [6, 6.07) is 10.8. The first-order chi connectivity index (χ1) is 14.8. The highest BCUT2D eigenvalue weighted by Gasteiger charge is 2.33. The van der Waals surface area contributed by atoms with E-state index in [9.17, 15) is 4.79 Å². The summed E-state index contributed by atoms with van der Waals surface area (Å²) in [5.41, 5.74) is 2.85.